The van der Waals surface area contributed by atoms with Gasteiger partial charge >= 0.3 is 6.09 Å². The van der Waals surface area contributed by atoms with Crippen molar-refractivity contribution in [2.24, 2.45) is 11.3 Å². The number of hydrogen-bond donors (Lipinski definition) is 1. The number of anilines is 1. The molecule has 2 aliphatic carbocycles. The Morgan fingerprint density at radius 2 is 1.67 bits per heavy atom. The second kappa shape index (κ2) is 12.1. The van der Waals surface area contributed by atoms with Gasteiger partial charge in [0.1, 0.15) is 24.8 Å². The molecule has 2 aromatic heterocycles. The number of aromatic nitrogens is 4. The molecule has 1 fully saturated rings. The Morgan fingerprint density at radius 1 is 1.04 bits per heavy atom. The summed E-state index contributed by atoms with van der Waals surface area (Å²) in [5, 5.41) is 7.79. The fraction of sp³-hybridized carbons (Fsp3) is 0.667. The third kappa shape index (κ3) is 7.42. The Bertz CT molecular complexity index is 1600. The maximum atomic E-state index is 15.1. The molecule has 1 amide bonds. The molecule has 0 radical (unpaired) electrons. The van der Waals surface area contributed by atoms with E-state index in [9.17, 15) is 4.79 Å². The van der Waals surface area contributed by atoms with Crippen LogP contribution < -0.4 is 5.32 Å². The zero-order valence-electron chi connectivity index (χ0n) is 29.1. The minimum absolute atomic E-state index is 0.204. The average molecular weight is 676 g/mol. The zero-order valence-corrected chi connectivity index (χ0v) is 31.1. The molecule has 1 N–H and O–H groups in total. The molecule has 13 heteroatoms. The van der Waals surface area contributed by atoms with Gasteiger partial charge in [-0.25, -0.2) is 23.2 Å². The van der Waals surface area contributed by atoms with E-state index >= 15 is 8.78 Å². The fourth-order valence-corrected chi connectivity index (χ4v) is 7.57. The predicted molar refractivity (Wildman–Crippen MR) is 183 cm³/mol. The number of fused-ring (bicyclic) bond motifs is 3. The number of benzene rings is 1. The summed E-state index contributed by atoms with van der Waals surface area (Å²) in [5.41, 5.74) is 2.43. The molecule has 2 aliphatic rings. The van der Waals surface area contributed by atoms with Crippen LogP contribution in [0.2, 0.25) is 51.4 Å². The lowest BCUT2D eigenvalue weighted by atomic mass is 9.87. The summed E-state index contributed by atoms with van der Waals surface area (Å²) in [6, 6.07) is 7.48. The van der Waals surface area contributed by atoms with E-state index in [1.165, 1.54) is 0 Å². The van der Waals surface area contributed by atoms with E-state index in [0.29, 0.717) is 35.9 Å². The van der Waals surface area contributed by atoms with E-state index in [4.69, 9.17) is 24.3 Å². The fourth-order valence-electron chi connectivity index (χ4n) is 6.06. The summed E-state index contributed by atoms with van der Waals surface area (Å²) >= 11 is 0. The second-order valence-electron chi connectivity index (χ2n) is 16.6. The van der Waals surface area contributed by atoms with Crippen molar-refractivity contribution in [3.63, 3.8) is 0 Å². The average Bonchev–Trinajstić information content (AvgIpc) is 3.19. The van der Waals surface area contributed by atoms with Crippen molar-refractivity contribution in [3.8, 4) is 11.5 Å². The van der Waals surface area contributed by atoms with Crippen molar-refractivity contribution in [3.05, 3.63) is 29.5 Å². The SMILES string of the molecule is CC(C)(C)OC(=O)Nc1ccc2c(c1)nc(-c1nn(COCC[Si](C)(C)C)c3c1CC1C(F)(F)C1(C)C3)n2COCC[Si](C)(C)C. The van der Waals surface area contributed by atoms with Crippen molar-refractivity contribution in [1.29, 1.82) is 0 Å². The number of rotatable bonds is 12. The van der Waals surface area contributed by atoms with Crippen molar-refractivity contribution in [2.45, 2.75) is 117 Å². The van der Waals surface area contributed by atoms with Crippen LogP contribution in [0.5, 0.6) is 0 Å². The molecule has 0 saturated heterocycles. The lowest BCUT2D eigenvalue weighted by Crippen LogP contribution is -2.27. The van der Waals surface area contributed by atoms with Gasteiger partial charge in [-0.05, 0) is 57.5 Å². The summed E-state index contributed by atoms with van der Waals surface area (Å²) < 4.78 is 51.6. The first-order valence-electron chi connectivity index (χ1n) is 16.3. The number of imidazole rings is 1. The number of carbonyl (C=O) groups excluding carboxylic acids is 1. The van der Waals surface area contributed by atoms with Gasteiger partial charge in [-0.3, -0.25) is 9.88 Å². The Morgan fingerprint density at radius 3 is 2.28 bits per heavy atom. The molecule has 9 nitrogen and oxygen atoms in total. The minimum atomic E-state index is -2.73. The van der Waals surface area contributed by atoms with E-state index < -0.39 is 45.1 Å². The molecule has 2 heterocycles. The van der Waals surface area contributed by atoms with Crippen LogP contribution in [0.25, 0.3) is 22.6 Å². The number of nitrogens with zero attached hydrogens (tertiary/aromatic N) is 4. The number of ether oxygens (including phenoxy) is 3. The highest BCUT2D eigenvalue weighted by Crippen LogP contribution is 2.70. The van der Waals surface area contributed by atoms with Gasteiger partial charge in [-0.2, -0.15) is 5.10 Å². The summed E-state index contributed by atoms with van der Waals surface area (Å²) in [4.78, 5) is 17.5. The van der Waals surface area contributed by atoms with Gasteiger partial charge in [-0.1, -0.05) is 46.2 Å². The molecule has 5 rings (SSSR count). The molecule has 2 atom stereocenters. The van der Waals surface area contributed by atoms with Crippen LogP contribution in [-0.4, -0.2) is 66.3 Å². The van der Waals surface area contributed by atoms with Gasteiger partial charge in [0, 0.05) is 64.1 Å². The molecule has 1 aromatic carbocycles. The maximum Gasteiger partial charge on any atom is 0.412 e. The van der Waals surface area contributed by atoms with E-state index in [0.717, 1.165) is 28.9 Å². The molecule has 0 aliphatic heterocycles. The molecule has 2 unspecified atom stereocenters. The number of halogens is 2. The van der Waals surface area contributed by atoms with Crippen LogP contribution >= 0.6 is 0 Å². The molecule has 254 valence electrons. The minimum Gasteiger partial charge on any atom is -0.444 e. The van der Waals surface area contributed by atoms with E-state index in [1.807, 2.05) is 31.4 Å². The summed E-state index contributed by atoms with van der Waals surface area (Å²) in [5.74, 6) is -2.90. The van der Waals surface area contributed by atoms with Crippen LogP contribution in [0.3, 0.4) is 0 Å². The largest absolute Gasteiger partial charge is 0.444 e. The summed E-state index contributed by atoms with van der Waals surface area (Å²) in [7, 11) is -2.62. The molecule has 0 spiro atoms. The number of alkyl halides is 2. The maximum absolute atomic E-state index is 15.1. The van der Waals surface area contributed by atoms with Gasteiger partial charge in [0.2, 0.25) is 0 Å². The van der Waals surface area contributed by atoms with Crippen LogP contribution in [0.1, 0.15) is 39.0 Å². The van der Waals surface area contributed by atoms with E-state index in [1.54, 1.807) is 23.7 Å². The zero-order chi connectivity index (χ0) is 33.9. The number of hydrogen-bond acceptors (Lipinski definition) is 6. The first-order valence-corrected chi connectivity index (χ1v) is 23.7. The standard InChI is InChI=1S/C33H51F2N5O4Si2/c1-31(2,3)44-30(41)36-22-11-12-25-24(17-22)37-29(39(25)20-42-13-15-45(5,6)7)28-23-18-27-32(4,33(27,34)35)19-26(23)40(38-28)21-43-14-16-46(8,9)10/h11-12,17,27H,13-16,18-21H2,1-10H3,(H,36,41). The van der Waals surface area contributed by atoms with Crippen molar-refractivity contribution < 1.29 is 27.8 Å². The first-order chi connectivity index (χ1) is 21.2. The third-order valence-corrected chi connectivity index (χ3v) is 12.4. The van der Waals surface area contributed by atoms with Crippen molar-refractivity contribution in [2.75, 3.05) is 18.5 Å². The smallest absolute Gasteiger partial charge is 0.412 e. The highest BCUT2D eigenvalue weighted by atomic mass is 28.3. The number of carbonyl (C=O) groups is 1. The molecule has 1 saturated carbocycles. The van der Waals surface area contributed by atoms with Crippen molar-refractivity contribution >= 4 is 39.0 Å². The van der Waals surface area contributed by atoms with Crippen LogP contribution in [0, 0.1) is 11.3 Å². The monoisotopic (exact) mass is 675 g/mol. The lowest BCUT2D eigenvalue weighted by Gasteiger charge is -2.19. The van der Waals surface area contributed by atoms with E-state index in [-0.39, 0.29) is 26.3 Å². The summed E-state index contributed by atoms with van der Waals surface area (Å²) in [6.07, 6.45) is -0.0910. The Labute approximate surface area is 273 Å². The predicted octanol–water partition coefficient (Wildman–Crippen LogP) is 8.24. The second-order valence-corrected chi connectivity index (χ2v) is 27.9. The van der Waals surface area contributed by atoms with Crippen LogP contribution in [0.15, 0.2) is 18.2 Å². The summed E-state index contributed by atoms with van der Waals surface area (Å²) in [6.45, 7) is 22.6. The molecule has 3 aromatic rings. The number of amides is 1. The third-order valence-electron chi connectivity index (χ3n) is 9.03. The topological polar surface area (TPSA) is 92.4 Å². The Balaban J connectivity index is 1.53. The van der Waals surface area contributed by atoms with Gasteiger partial charge < -0.3 is 14.2 Å². The van der Waals surface area contributed by atoms with E-state index in [2.05, 4.69) is 44.6 Å². The molecular formula is C33H51F2N5O4Si2. The van der Waals surface area contributed by atoms with Crippen LogP contribution in [0.4, 0.5) is 19.3 Å². The quantitative estimate of drug-likeness (QED) is 0.154. The van der Waals surface area contributed by atoms with Gasteiger partial charge in [0.15, 0.2) is 5.82 Å². The van der Waals surface area contributed by atoms with Gasteiger partial charge in [-0.15, -0.1) is 0 Å². The highest BCUT2D eigenvalue weighted by molar-refractivity contribution is 6.76. The first kappa shape index (κ1) is 34.7. The van der Waals surface area contributed by atoms with Crippen molar-refractivity contribution in [1.82, 2.24) is 19.3 Å². The van der Waals surface area contributed by atoms with Crippen LogP contribution in [-0.2, 0) is 40.5 Å². The molecule has 46 heavy (non-hydrogen) atoms. The van der Waals surface area contributed by atoms with Gasteiger partial charge in [0.25, 0.3) is 5.92 Å². The Hall–Kier alpha value is -2.62. The normalized spacial score (nSPS) is 20.8. The lowest BCUT2D eigenvalue weighted by molar-refractivity contribution is 0.0591. The Kier molecular flexibility index (Phi) is 9.15. The van der Waals surface area contributed by atoms with Gasteiger partial charge in [0.05, 0.1) is 11.0 Å². The highest BCUT2D eigenvalue weighted by Gasteiger charge is 2.78. The number of nitrogens with one attached hydrogen (secondary N) is 1. The molecular weight excluding hydrogens is 625 g/mol. The molecule has 0 bridgehead atoms.